The van der Waals surface area contributed by atoms with Crippen molar-refractivity contribution in [2.75, 3.05) is 50.1 Å². The van der Waals surface area contributed by atoms with Crippen molar-refractivity contribution in [3.63, 3.8) is 0 Å². The fourth-order valence-electron chi connectivity index (χ4n) is 2.43. The highest BCUT2D eigenvalue weighted by atomic mass is 16.3. The molecule has 2 N–H and O–H groups in total. The van der Waals surface area contributed by atoms with Crippen LogP contribution in [0.2, 0.25) is 0 Å². The number of hydrogen-bond acceptors (Lipinski definition) is 4. The van der Waals surface area contributed by atoms with E-state index in [-0.39, 0.29) is 19.1 Å². The largest absolute Gasteiger partial charge is 0.395 e. The molecule has 0 aliphatic carbocycles. The topological polar surface area (TPSA) is 55.8 Å². The number of carbonyl (C=O) groups is 1. The summed E-state index contributed by atoms with van der Waals surface area (Å²) in [7, 11) is 1.81. The average Bonchev–Trinajstić information content (AvgIpc) is 2.93. The van der Waals surface area contributed by atoms with Crippen LogP contribution in [0.5, 0.6) is 0 Å². The summed E-state index contributed by atoms with van der Waals surface area (Å²) in [6.45, 7) is 3.10. The molecule has 1 amide bonds. The number of rotatable bonds is 6. The van der Waals surface area contributed by atoms with Gasteiger partial charge in [0.25, 0.3) is 0 Å². The van der Waals surface area contributed by atoms with Crippen LogP contribution in [0.25, 0.3) is 0 Å². The Bertz CT molecular complexity index is 427. The molecule has 2 rings (SSSR count). The molecule has 1 aliphatic rings. The van der Waals surface area contributed by atoms with Gasteiger partial charge in [-0.1, -0.05) is 0 Å². The van der Waals surface area contributed by atoms with Gasteiger partial charge in [-0.3, -0.25) is 9.69 Å². The Morgan fingerprint density at radius 1 is 1.30 bits per heavy atom. The molecule has 1 heterocycles. The van der Waals surface area contributed by atoms with E-state index in [1.165, 1.54) is 18.5 Å². The number of nitrogens with zero attached hydrogens (tertiary/aromatic N) is 2. The lowest BCUT2D eigenvalue weighted by Gasteiger charge is -2.18. The average molecular weight is 277 g/mol. The fraction of sp³-hybridized carbons (Fsp3) is 0.533. The maximum Gasteiger partial charge on any atom is 0.238 e. The molecule has 0 saturated carbocycles. The van der Waals surface area contributed by atoms with Crippen LogP contribution in [0.15, 0.2) is 24.3 Å². The van der Waals surface area contributed by atoms with Crippen LogP contribution >= 0.6 is 0 Å². The Morgan fingerprint density at radius 2 is 1.95 bits per heavy atom. The first kappa shape index (κ1) is 14.8. The third-order valence-corrected chi connectivity index (χ3v) is 3.52. The maximum absolute atomic E-state index is 11.8. The first-order valence-electron chi connectivity index (χ1n) is 7.13. The smallest absolute Gasteiger partial charge is 0.238 e. The predicted molar refractivity (Wildman–Crippen MR) is 81.1 cm³/mol. The Morgan fingerprint density at radius 3 is 2.55 bits per heavy atom. The van der Waals surface area contributed by atoms with E-state index >= 15 is 0 Å². The minimum atomic E-state index is -0.0603. The Balaban J connectivity index is 1.85. The van der Waals surface area contributed by atoms with Crippen LogP contribution in [0.1, 0.15) is 12.8 Å². The van der Waals surface area contributed by atoms with Gasteiger partial charge in [-0.15, -0.1) is 0 Å². The molecule has 20 heavy (non-hydrogen) atoms. The molecule has 5 heteroatoms. The lowest BCUT2D eigenvalue weighted by molar-refractivity contribution is -0.117. The van der Waals surface area contributed by atoms with E-state index in [1.54, 1.807) is 4.90 Å². The van der Waals surface area contributed by atoms with Gasteiger partial charge in [0.2, 0.25) is 5.91 Å². The highest BCUT2D eigenvalue weighted by Gasteiger charge is 2.12. The Kier molecular flexibility index (Phi) is 5.38. The van der Waals surface area contributed by atoms with Crippen LogP contribution in [0.3, 0.4) is 0 Å². The molecule has 1 aliphatic heterocycles. The van der Waals surface area contributed by atoms with Gasteiger partial charge in [-0.2, -0.15) is 0 Å². The second-order valence-electron chi connectivity index (χ2n) is 5.25. The molecule has 0 unspecified atom stereocenters. The molecule has 1 fully saturated rings. The normalized spacial score (nSPS) is 14.8. The zero-order valence-electron chi connectivity index (χ0n) is 12.0. The standard InChI is InChI=1S/C15H23N3O2/c1-17(10-11-19)12-15(20)16-13-4-6-14(7-5-13)18-8-2-3-9-18/h4-7,19H,2-3,8-12H2,1H3,(H,16,20). The number of likely N-dealkylation sites (N-methyl/N-ethyl adjacent to an activating group) is 1. The van der Waals surface area contributed by atoms with E-state index < -0.39 is 0 Å². The summed E-state index contributed by atoms with van der Waals surface area (Å²) in [5.74, 6) is -0.0603. The van der Waals surface area contributed by atoms with Crippen LogP contribution in [0, 0.1) is 0 Å². The molecule has 1 saturated heterocycles. The lowest BCUT2D eigenvalue weighted by atomic mass is 10.2. The Hall–Kier alpha value is -1.59. The van der Waals surface area contributed by atoms with Crippen molar-refractivity contribution in [1.29, 1.82) is 0 Å². The van der Waals surface area contributed by atoms with Crippen molar-refractivity contribution in [3.8, 4) is 0 Å². The van der Waals surface area contributed by atoms with Crippen molar-refractivity contribution < 1.29 is 9.90 Å². The number of aliphatic hydroxyl groups is 1. The summed E-state index contributed by atoms with van der Waals surface area (Å²) in [5, 5.41) is 11.7. The molecule has 0 radical (unpaired) electrons. The highest BCUT2D eigenvalue weighted by Crippen LogP contribution is 2.21. The van der Waals surface area contributed by atoms with Gasteiger partial charge in [0.15, 0.2) is 0 Å². The number of amides is 1. The minimum absolute atomic E-state index is 0.0603. The Labute approximate surface area is 120 Å². The quantitative estimate of drug-likeness (QED) is 0.819. The first-order chi connectivity index (χ1) is 9.69. The van der Waals surface area contributed by atoms with Gasteiger partial charge >= 0.3 is 0 Å². The van der Waals surface area contributed by atoms with Gasteiger partial charge in [0.05, 0.1) is 13.2 Å². The van der Waals surface area contributed by atoms with E-state index in [1.807, 2.05) is 19.2 Å². The molecule has 0 atom stereocenters. The zero-order chi connectivity index (χ0) is 14.4. The number of nitrogens with one attached hydrogen (secondary N) is 1. The number of anilines is 2. The molecule has 5 nitrogen and oxygen atoms in total. The SMILES string of the molecule is CN(CCO)CC(=O)Nc1ccc(N2CCCC2)cc1. The minimum Gasteiger partial charge on any atom is -0.395 e. The molecular formula is C15H23N3O2. The second kappa shape index (κ2) is 7.26. The predicted octanol–water partition coefficient (Wildman–Crippen LogP) is 1.15. The lowest BCUT2D eigenvalue weighted by Crippen LogP contribution is -2.32. The summed E-state index contributed by atoms with van der Waals surface area (Å²) in [5.41, 5.74) is 2.04. The van der Waals surface area contributed by atoms with Crippen molar-refractivity contribution >= 4 is 17.3 Å². The van der Waals surface area contributed by atoms with E-state index in [0.717, 1.165) is 18.8 Å². The number of carbonyl (C=O) groups excluding carboxylic acids is 1. The maximum atomic E-state index is 11.8. The van der Waals surface area contributed by atoms with Crippen LogP contribution in [0.4, 0.5) is 11.4 Å². The summed E-state index contributed by atoms with van der Waals surface area (Å²) in [4.78, 5) is 15.9. The summed E-state index contributed by atoms with van der Waals surface area (Å²) < 4.78 is 0. The monoisotopic (exact) mass is 277 g/mol. The van der Waals surface area contributed by atoms with Gasteiger partial charge in [-0.25, -0.2) is 0 Å². The third kappa shape index (κ3) is 4.21. The summed E-state index contributed by atoms with van der Waals surface area (Å²) >= 11 is 0. The van der Waals surface area contributed by atoms with Crippen LogP contribution < -0.4 is 10.2 Å². The molecule has 1 aromatic carbocycles. The molecule has 0 bridgehead atoms. The summed E-state index contributed by atoms with van der Waals surface area (Å²) in [6, 6.07) is 7.99. The van der Waals surface area contributed by atoms with E-state index in [4.69, 9.17) is 5.11 Å². The molecular weight excluding hydrogens is 254 g/mol. The van der Waals surface area contributed by atoms with Crippen molar-refractivity contribution in [2.24, 2.45) is 0 Å². The molecule has 110 valence electrons. The first-order valence-corrected chi connectivity index (χ1v) is 7.13. The number of aliphatic hydroxyl groups excluding tert-OH is 1. The van der Waals surface area contributed by atoms with Crippen molar-refractivity contribution in [2.45, 2.75) is 12.8 Å². The van der Waals surface area contributed by atoms with Crippen molar-refractivity contribution in [1.82, 2.24) is 4.90 Å². The number of hydrogen-bond donors (Lipinski definition) is 2. The second-order valence-corrected chi connectivity index (χ2v) is 5.25. The number of benzene rings is 1. The van der Waals surface area contributed by atoms with Crippen LogP contribution in [-0.2, 0) is 4.79 Å². The van der Waals surface area contributed by atoms with E-state index in [9.17, 15) is 4.79 Å². The van der Waals surface area contributed by atoms with Gasteiger partial charge in [0.1, 0.15) is 0 Å². The highest BCUT2D eigenvalue weighted by molar-refractivity contribution is 5.92. The fourth-order valence-corrected chi connectivity index (χ4v) is 2.43. The van der Waals surface area contributed by atoms with Crippen molar-refractivity contribution in [3.05, 3.63) is 24.3 Å². The van der Waals surface area contributed by atoms with E-state index in [0.29, 0.717) is 6.54 Å². The van der Waals surface area contributed by atoms with Gasteiger partial charge in [-0.05, 0) is 44.2 Å². The van der Waals surface area contributed by atoms with Gasteiger partial charge in [0, 0.05) is 31.0 Å². The molecule has 1 aromatic rings. The van der Waals surface area contributed by atoms with Crippen LogP contribution in [-0.4, -0.2) is 55.7 Å². The van der Waals surface area contributed by atoms with E-state index in [2.05, 4.69) is 22.3 Å². The summed E-state index contributed by atoms with van der Waals surface area (Å²) in [6.07, 6.45) is 2.52. The third-order valence-electron chi connectivity index (χ3n) is 3.52. The molecule has 0 spiro atoms. The van der Waals surface area contributed by atoms with Gasteiger partial charge < -0.3 is 15.3 Å². The zero-order valence-corrected chi connectivity index (χ0v) is 12.0. The molecule has 0 aromatic heterocycles.